The molecule has 0 atom stereocenters. The maximum Gasteiger partial charge on any atom is 0.164 e. The molecule has 0 bridgehead atoms. The number of benzene rings is 5. The van der Waals surface area contributed by atoms with Crippen LogP contribution in [0.1, 0.15) is 5.56 Å². The van der Waals surface area contributed by atoms with Gasteiger partial charge >= 0.3 is 0 Å². The van der Waals surface area contributed by atoms with Crippen LogP contribution < -0.4 is 5.32 Å². The maximum atomic E-state index is 4.98. The van der Waals surface area contributed by atoms with Crippen molar-refractivity contribution in [2.45, 2.75) is 6.42 Å². The molecule has 0 saturated heterocycles. The standard InChI is InChI=1S/C34H28N4/c1-35-23-22-24-12-8-9-17-27(24)30-20-21-31(29-19-11-10-18-28(29)30)34-37-32(25-13-4-2-5-14-25)36-33(38-34)26-15-6-3-7-16-26/h2-21,35H,22-23H2,1H3. The molecule has 1 heterocycles. The van der Waals surface area contributed by atoms with Gasteiger partial charge in [-0.1, -0.05) is 115 Å². The van der Waals surface area contributed by atoms with Gasteiger partial charge in [0.2, 0.25) is 0 Å². The summed E-state index contributed by atoms with van der Waals surface area (Å²) < 4.78 is 0. The van der Waals surface area contributed by atoms with Gasteiger partial charge < -0.3 is 5.32 Å². The van der Waals surface area contributed by atoms with Crippen molar-refractivity contribution in [3.8, 4) is 45.3 Å². The summed E-state index contributed by atoms with van der Waals surface area (Å²) in [6.45, 7) is 0.933. The van der Waals surface area contributed by atoms with E-state index in [1.165, 1.54) is 22.1 Å². The summed E-state index contributed by atoms with van der Waals surface area (Å²) in [6, 6.07) is 41.8. The Morgan fingerprint density at radius 1 is 0.474 bits per heavy atom. The van der Waals surface area contributed by atoms with Crippen molar-refractivity contribution in [1.29, 1.82) is 0 Å². The van der Waals surface area contributed by atoms with Crippen molar-refractivity contribution < 1.29 is 0 Å². The van der Waals surface area contributed by atoms with Crippen LogP contribution >= 0.6 is 0 Å². The Bertz CT molecular complexity index is 1640. The Labute approximate surface area is 223 Å². The van der Waals surface area contributed by atoms with Gasteiger partial charge in [0.05, 0.1) is 0 Å². The molecule has 0 radical (unpaired) electrons. The molecule has 0 unspecified atom stereocenters. The number of hydrogen-bond acceptors (Lipinski definition) is 4. The van der Waals surface area contributed by atoms with Crippen molar-refractivity contribution in [3.63, 3.8) is 0 Å². The molecule has 0 amide bonds. The molecule has 38 heavy (non-hydrogen) atoms. The van der Waals surface area contributed by atoms with E-state index in [0.717, 1.165) is 35.0 Å². The summed E-state index contributed by atoms with van der Waals surface area (Å²) in [7, 11) is 1.99. The molecule has 0 aliphatic heterocycles. The monoisotopic (exact) mass is 492 g/mol. The van der Waals surface area contributed by atoms with Crippen LogP contribution in [0, 0.1) is 0 Å². The number of nitrogens with one attached hydrogen (secondary N) is 1. The third-order valence-electron chi connectivity index (χ3n) is 6.82. The largest absolute Gasteiger partial charge is 0.319 e. The van der Waals surface area contributed by atoms with Gasteiger partial charge in [-0.2, -0.15) is 0 Å². The lowest BCUT2D eigenvalue weighted by molar-refractivity contribution is 0.793. The fourth-order valence-electron chi connectivity index (χ4n) is 4.92. The van der Waals surface area contributed by atoms with E-state index in [0.29, 0.717) is 17.5 Å². The highest BCUT2D eigenvalue weighted by Gasteiger charge is 2.16. The van der Waals surface area contributed by atoms with E-state index in [1.54, 1.807) is 0 Å². The van der Waals surface area contributed by atoms with Gasteiger partial charge in [-0.3, -0.25) is 0 Å². The molecule has 0 saturated carbocycles. The first-order valence-electron chi connectivity index (χ1n) is 12.9. The molecular formula is C34H28N4. The zero-order chi connectivity index (χ0) is 25.7. The van der Waals surface area contributed by atoms with Crippen molar-refractivity contribution in [2.24, 2.45) is 0 Å². The van der Waals surface area contributed by atoms with Gasteiger partial charge in [0.25, 0.3) is 0 Å². The van der Waals surface area contributed by atoms with Crippen LogP contribution in [0.15, 0.2) is 121 Å². The fraction of sp³-hybridized carbons (Fsp3) is 0.0882. The summed E-state index contributed by atoms with van der Waals surface area (Å²) in [5, 5.41) is 5.59. The average Bonchev–Trinajstić information content (AvgIpc) is 3.00. The first-order valence-corrected chi connectivity index (χ1v) is 12.9. The van der Waals surface area contributed by atoms with Crippen LogP contribution in [0.2, 0.25) is 0 Å². The highest BCUT2D eigenvalue weighted by atomic mass is 15.0. The van der Waals surface area contributed by atoms with Crippen LogP contribution in [0.3, 0.4) is 0 Å². The highest BCUT2D eigenvalue weighted by Crippen LogP contribution is 2.37. The summed E-state index contributed by atoms with van der Waals surface area (Å²) in [5.41, 5.74) is 6.74. The quantitative estimate of drug-likeness (QED) is 0.251. The first-order chi connectivity index (χ1) is 18.8. The van der Waals surface area contributed by atoms with Gasteiger partial charge in [-0.05, 0) is 53.5 Å². The van der Waals surface area contributed by atoms with Gasteiger partial charge in [-0.25, -0.2) is 15.0 Å². The second-order valence-corrected chi connectivity index (χ2v) is 9.26. The predicted octanol–water partition coefficient (Wildman–Crippen LogP) is 7.45. The van der Waals surface area contributed by atoms with E-state index in [1.807, 2.05) is 67.7 Å². The highest BCUT2D eigenvalue weighted by molar-refractivity contribution is 6.04. The minimum Gasteiger partial charge on any atom is -0.319 e. The summed E-state index contributed by atoms with van der Waals surface area (Å²) in [4.78, 5) is 14.8. The molecular weight excluding hydrogens is 464 g/mol. The topological polar surface area (TPSA) is 50.7 Å². The zero-order valence-electron chi connectivity index (χ0n) is 21.3. The first kappa shape index (κ1) is 23.7. The maximum absolute atomic E-state index is 4.98. The lowest BCUT2D eigenvalue weighted by atomic mass is 9.91. The minimum atomic E-state index is 0.667. The van der Waals surface area contributed by atoms with Crippen LogP contribution in [-0.2, 0) is 6.42 Å². The molecule has 0 spiro atoms. The van der Waals surface area contributed by atoms with Gasteiger partial charge in [0.1, 0.15) is 0 Å². The molecule has 6 aromatic rings. The summed E-state index contributed by atoms with van der Waals surface area (Å²) in [6.07, 6.45) is 0.969. The van der Waals surface area contributed by atoms with Crippen LogP contribution in [0.4, 0.5) is 0 Å². The van der Waals surface area contributed by atoms with E-state index in [-0.39, 0.29) is 0 Å². The molecule has 1 N–H and O–H groups in total. The third-order valence-corrected chi connectivity index (χ3v) is 6.82. The molecule has 5 aromatic carbocycles. The summed E-state index contributed by atoms with van der Waals surface area (Å²) in [5.74, 6) is 2.00. The number of hydrogen-bond donors (Lipinski definition) is 1. The van der Waals surface area contributed by atoms with E-state index < -0.39 is 0 Å². The van der Waals surface area contributed by atoms with E-state index >= 15 is 0 Å². The molecule has 184 valence electrons. The number of fused-ring (bicyclic) bond motifs is 1. The fourth-order valence-corrected chi connectivity index (χ4v) is 4.92. The van der Waals surface area contributed by atoms with Crippen molar-refractivity contribution in [2.75, 3.05) is 13.6 Å². The second kappa shape index (κ2) is 10.8. The normalized spacial score (nSPS) is 11.1. The van der Waals surface area contributed by atoms with E-state index in [2.05, 4.69) is 66.0 Å². The molecule has 0 aliphatic carbocycles. The average molecular weight is 493 g/mol. The van der Waals surface area contributed by atoms with Crippen LogP contribution in [0.5, 0.6) is 0 Å². The number of aromatic nitrogens is 3. The number of likely N-dealkylation sites (N-methyl/N-ethyl adjacent to an activating group) is 1. The SMILES string of the molecule is CNCCc1ccccc1-c1ccc(-c2nc(-c3ccccc3)nc(-c3ccccc3)n2)c2ccccc12. The predicted molar refractivity (Wildman–Crippen MR) is 157 cm³/mol. The van der Waals surface area contributed by atoms with Crippen molar-refractivity contribution >= 4 is 10.8 Å². The van der Waals surface area contributed by atoms with Gasteiger partial charge in [-0.15, -0.1) is 0 Å². The molecule has 6 rings (SSSR count). The van der Waals surface area contributed by atoms with E-state index in [9.17, 15) is 0 Å². The molecule has 0 aliphatic rings. The van der Waals surface area contributed by atoms with Crippen molar-refractivity contribution in [1.82, 2.24) is 20.3 Å². The molecule has 1 aromatic heterocycles. The van der Waals surface area contributed by atoms with Crippen LogP contribution in [-0.4, -0.2) is 28.5 Å². The second-order valence-electron chi connectivity index (χ2n) is 9.26. The van der Waals surface area contributed by atoms with E-state index in [4.69, 9.17) is 15.0 Å². The van der Waals surface area contributed by atoms with Crippen LogP contribution in [0.25, 0.3) is 56.1 Å². The molecule has 4 nitrogen and oxygen atoms in total. The van der Waals surface area contributed by atoms with Crippen molar-refractivity contribution in [3.05, 3.63) is 127 Å². The third kappa shape index (κ3) is 4.70. The van der Waals surface area contributed by atoms with Gasteiger partial charge in [0, 0.05) is 16.7 Å². The summed E-state index contributed by atoms with van der Waals surface area (Å²) >= 11 is 0. The lowest BCUT2D eigenvalue weighted by Gasteiger charge is -2.15. The minimum absolute atomic E-state index is 0.667. The number of rotatable bonds is 7. The lowest BCUT2D eigenvalue weighted by Crippen LogP contribution is -2.10. The Morgan fingerprint density at radius 2 is 0.974 bits per heavy atom. The number of nitrogens with zero attached hydrogens (tertiary/aromatic N) is 3. The Balaban J connectivity index is 1.55. The Hall–Kier alpha value is -4.67. The molecule has 0 fully saturated rings. The Kier molecular flexibility index (Phi) is 6.71. The molecule has 4 heteroatoms. The van der Waals surface area contributed by atoms with Gasteiger partial charge in [0.15, 0.2) is 17.5 Å². The Morgan fingerprint density at radius 3 is 1.61 bits per heavy atom. The zero-order valence-corrected chi connectivity index (χ0v) is 21.3. The smallest absolute Gasteiger partial charge is 0.164 e.